The predicted octanol–water partition coefficient (Wildman–Crippen LogP) is 7.85. The highest BCUT2D eigenvalue weighted by Crippen LogP contribution is 2.29. The Hall–Kier alpha value is -2.05. The Balaban J connectivity index is 2.04. The molecule has 0 saturated heterocycles. The van der Waals surface area contributed by atoms with E-state index in [2.05, 4.69) is 12.2 Å². The van der Waals surface area contributed by atoms with Gasteiger partial charge in [0.1, 0.15) is 6.04 Å². The molecule has 4 nitrogen and oxygen atoms in total. The predicted molar refractivity (Wildman–Crippen MR) is 130 cm³/mol. The summed E-state index contributed by atoms with van der Waals surface area (Å²) in [5.74, 6) is -1.16. The summed E-state index contributed by atoms with van der Waals surface area (Å²) in [4.78, 5) is 24.2. The molecule has 0 fully saturated rings. The molecule has 0 saturated carbocycles. The van der Waals surface area contributed by atoms with Gasteiger partial charge in [-0.2, -0.15) is 13.2 Å². The molecule has 0 unspecified atom stereocenters. The maximum absolute atomic E-state index is 12.6. The molecule has 194 valence electrons. The number of carbonyl (C=O) groups excluding carboxylic acids is 2. The molecule has 1 amide bonds. The zero-order valence-corrected chi connectivity index (χ0v) is 20.9. The minimum absolute atomic E-state index is 0.0552. The zero-order valence-electron chi connectivity index (χ0n) is 20.9. The number of benzene rings is 1. The SMILES string of the molecule is CCCCCCCCCCCCCCCCOC(=O)[C@H](C)NC(=O)c1ccc(C(F)(F)F)cc1. The summed E-state index contributed by atoms with van der Waals surface area (Å²) in [5.41, 5.74) is -0.774. The van der Waals surface area contributed by atoms with Gasteiger partial charge in [-0.15, -0.1) is 0 Å². The summed E-state index contributed by atoms with van der Waals surface area (Å²) in [6.07, 6.45) is 13.0. The quantitative estimate of drug-likeness (QED) is 0.170. The second-order valence-corrected chi connectivity index (χ2v) is 9.03. The van der Waals surface area contributed by atoms with Gasteiger partial charge in [0.2, 0.25) is 0 Å². The van der Waals surface area contributed by atoms with E-state index < -0.39 is 29.7 Å². The summed E-state index contributed by atoms with van der Waals surface area (Å²) in [5, 5.41) is 2.46. The van der Waals surface area contributed by atoms with E-state index in [9.17, 15) is 22.8 Å². The number of hydrogen-bond donors (Lipinski definition) is 1. The molecule has 7 heteroatoms. The fourth-order valence-electron chi connectivity index (χ4n) is 3.74. The molecule has 0 aliphatic carbocycles. The van der Waals surface area contributed by atoms with Gasteiger partial charge in [0.25, 0.3) is 5.91 Å². The van der Waals surface area contributed by atoms with Crippen LogP contribution in [-0.2, 0) is 15.7 Å². The van der Waals surface area contributed by atoms with Gasteiger partial charge in [0.05, 0.1) is 12.2 Å². The van der Waals surface area contributed by atoms with Crippen LogP contribution in [0.1, 0.15) is 120 Å². The van der Waals surface area contributed by atoms with Crippen LogP contribution < -0.4 is 5.32 Å². The molecule has 1 aromatic carbocycles. The van der Waals surface area contributed by atoms with E-state index >= 15 is 0 Å². The van der Waals surface area contributed by atoms with Gasteiger partial charge in [-0.3, -0.25) is 4.79 Å². The molecule has 1 atom stereocenters. The first-order valence-electron chi connectivity index (χ1n) is 12.9. The number of esters is 1. The van der Waals surface area contributed by atoms with Crippen molar-refractivity contribution in [3.8, 4) is 0 Å². The molecule has 34 heavy (non-hydrogen) atoms. The van der Waals surface area contributed by atoms with Gasteiger partial charge in [-0.1, -0.05) is 90.4 Å². The molecule has 1 rings (SSSR count). The Morgan fingerprint density at radius 2 is 1.24 bits per heavy atom. The highest BCUT2D eigenvalue weighted by Gasteiger charge is 2.30. The molecule has 1 N–H and O–H groups in total. The molecule has 0 aliphatic rings. The van der Waals surface area contributed by atoms with E-state index in [4.69, 9.17) is 4.74 Å². The summed E-state index contributed by atoms with van der Waals surface area (Å²) in [6, 6.07) is 2.98. The van der Waals surface area contributed by atoms with E-state index in [-0.39, 0.29) is 5.56 Å². The second-order valence-electron chi connectivity index (χ2n) is 9.03. The average molecular weight is 486 g/mol. The average Bonchev–Trinajstić information content (AvgIpc) is 2.80. The Labute approximate surface area is 203 Å². The van der Waals surface area contributed by atoms with E-state index in [1.165, 1.54) is 77.6 Å². The minimum atomic E-state index is -4.46. The lowest BCUT2D eigenvalue weighted by molar-refractivity contribution is -0.145. The van der Waals surface area contributed by atoms with Crippen molar-refractivity contribution >= 4 is 11.9 Å². The van der Waals surface area contributed by atoms with Crippen molar-refractivity contribution in [2.24, 2.45) is 0 Å². The number of amides is 1. The Morgan fingerprint density at radius 3 is 1.68 bits per heavy atom. The first kappa shape index (κ1) is 30.0. The molecule has 0 aliphatic heterocycles. The number of hydrogen-bond acceptors (Lipinski definition) is 3. The number of ether oxygens (including phenoxy) is 1. The lowest BCUT2D eigenvalue weighted by atomic mass is 10.0. The molecule has 0 aromatic heterocycles. The summed E-state index contributed by atoms with van der Waals surface area (Å²) < 4.78 is 43.0. The molecular weight excluding hydrogens is 443 g/mol. The van der Waals surface area contributed by atoms with Crippen LogP contribution in [0.4, 0.5) is 13.2 Å². The highest BCUT2D eigenvalue weighted by molar-refractivity contribution is 5.96. The molecule has 0 spiro atoms. The van der Waals surface area contributed by atoms with Crippen molar-refractivity contribution in [3.63, 3.8) is 0 Å². The van der Waals surface area contributed by atoms with Crippen molar-refractivity contribution in [2.45, 2.75) is 116 Å². The van der Waals surface area contributed by atoms with Crippen LogP contribution in [-0.4, -0.2) is 24.5 Å². The highest BCUT2D eigenvalue weighted by atomic mass is 19.4. The molecule has 0 bridgehead atoms. The number of unbranched alkanes of at least 4 members (excludes halogenated alkanes) is 13. The number of rotatable bonds is 18. The topological polar surface area (TPSA) is 55.4 Å². The largest absolute Gasteiger partial charge is 0.464 e. The van der Waals surface area contributed by atoms with E-state index in [1.54, 1.807) is 0 Å². The van der Waals surface area contributed by atoms with Crippen molar-refractivity contribution in [3.05, 3.63) is 35.4 Å². The third kappa shape index (κ3) is 13.6. The van der Waals surface area contributed by atoms with Crippen LogP contribution in [0, 0.1) is 0 Å². The van der Waals surface area contributed by atoms with Crippen molar-refractivity contribution in [1.29, 1.82) is 0 Å². The van der Waals surface area contributed by atoms with Gasteiger partial charge in [-0.05, 0) is 37.6 Å². The van der Waals surface area contributed by atoms with Crippen LogP contribution in [0.15, 0.2) is 24.3 Å². The van der Waals surface area contributed by atoms with Crippen molar-refractivity contribution in [1.82, 2.24) is 5.32 Å². The number of carbonyl (C=O) groups is 2. The molecule has 0 radical (unpaired) electrons. The molecule has 1 aromatic rings. The van der Waals surface area contributed by atoms with Crippen molar-refractivity contribution < 1.29 is 27.5 Å². The molecule has 0 heterocycles. The van der Waals surface area contributed by atoms with Crippen LogP contribution in [0.3, 0.4) is 0 Å². The minimum Gasteiger partial charge on any atom is -0.464 e. The van der Waals surface area contributed by atoms with Gasteiger partial charge >= 0.3 is 12.1 Å². The van der Waals surface area contributed by atoms with Crippen LogP contribution in [0.2, 0.25) is 0 Å². The Morgan fingerprint density at radius 1 is 0.794 bits per heavy atom. The molecular formula is C27H42F3NO3. The smallest absolute Gasteiger partial charge is 0.416 e. The van der Waals surface area contributed by atoms with Gasteiger partial charge in [0, 0.05) is 5.56 Å². The van der Waals surface area contributed by atoms with E-state index in [1.807, 2.05) is 0 Å². The van der Waals surface area contributed by atoms with Gasteiger partial charge in [0.15, 0.2) is 0 Å². The summed E-state index contributed by atoms with van der Waals surface area (Å²) in [7, 11) is 0. The van der Waals surface area contributed by atoms with Crippen LogP contribution in [0.25, 0.3) is 0 Å². The standard InChI is InChI=1S/C27H42F3NO3/c1-3-4-5-6-7-8-9-10-11-12-13-14-15-16-21-34-26(33)22(2)31-25(32)23-17-19-24(20-18-23)27(28,29)30/h17-20,22H,3-16,21H2,1-2H3,(H,31,32)/t22-/m0/s1. The van der Waals surface area contributed by atoms with Gasteiger partial charge < -0.3 is 10.1 Å². The fourth-order valence-corrected chi connectivity index (χ4v) is 3.74. The number of halogens is 3. The van der Waals surface area contributed by atoms with E-state index in [0.717, 1.165) is 43.5 Å². The van der Waals surface area contributed by atoms with Crippen LogP contribution >= 0.6 is 0 Å². The summed E-state index contributed by atoms with van der Waals surface area (Å²) in [6.45, 7) is 4.04. The monoisotopic (exact) mass is 485 g/mol. The number of alkyl halides is 3. The van der Waals surface area contributed by atoms with Gasteiger partial charge in [-0.25, -0.2) is 4.79 Å². The lowest BCUT2D eigenvalue weighted by Gasteiger charge is -2.14. The van der Waals surface area contributed by atoms with Crippen molar-refractivity contribution in [2.75, 3.05) is 6.61 Å². The maximum Gasteiger partial charge on any atom is 0.416 e. The number of nitrogens with one attached hydrogen (secondary N) is 1. The second kappa shape index (κ2) is 17.4. The Kier molecular flexibility index (Phi) is 15.3. The fraction of sp³-hybridized carbons (Fsp3) is 0.704. The third-order valence-corrected chi connectivity index (χ3v) is 5.92. The lowest BCUT2D eigenvalue weighted by Crippen LogP contribution is -2.39. The van der Waals surface area contributed by atoms with Crippen LogP contribution in [0.5, 0.6) is 0 Å². The normalized spacial score (nSPS) is 12.4. The third-order valence-electron chi connectivity index (χ3n) is 5.92. The van der Waals surface area contributed by atoms with E-state index in [0.29, 0.717) is 6.61 Å². The first-order chi connectivity index (χ1) is 16.3. The zero-order chi connectivity index (χ0) is 25.2. The maximum atomic E-state index is 12.6. The summed E-state index contributed by atoms with van der Waals surface area (Å²) >= 11 is 0. The first-order valence-corrected chi connectivity index (χ1v) is 12.9. The Bertz CT molecular complexity index is 689.